The second kappa shape index (κ2) is 7.76. The number of carboxylic acids is 1. The van der Waals surface area contributed by atoms with Crippen LogP contribution in [0.3, 0.4) is 0 Å². The quantitative estimate of drug-likeness (QED) is 0.661. The maximum Gasteiger partial charge on any atom is 0.320 e. The second-order valence-corrected chi connectivity index (χ2v) is 4.66. The lowest BCUT2D eigenvalue weighted by Crippen LogP contribution is -2.40. The molecular formula is C14H21NO4. The first-order valence-corrected chi connectivity index (χ1v) is 6.33. The van der Waals surface area contributed by atoms with E-state index in [-0.39, 0.29) is 19.1 Å². The van der Waals surface area contributed by atoms with Crippen molar-refractivity contribution < 1.29 is 19.7 Å². The molecule has 0 aliphatic heterocycles. The van der Waals surface area contributed by atoms with E-state index in [0.29, 0.717) is 12.3 Å². The fourth-order valence-electron chi connectivity index (χ4n) is 1.70. The average molecular weight is 267 g/mol. The molecule has 5 nitrogen and oxygen atoms in total. The van der Waals surface area contributed by atoms with Crippen LogP contribution in [0.2, 0.25) is 0 Å². The zero-order chi connectivity index (χ0) is 14.3. The van der Waals surface area contributed by atoms with E-state index < -0.39 is 12.0 Å². The highest BCUT2D eigenvalue weighted by molar-refractivity contribution is 5.73. The van der Waals surface area contributed by atoms with Gasteiger partial charge in [0.05, 0.1) is 6.61 Å². The standard InChI is InChI=1S/C14H21NO4/c1-10(2)13(14(17)18)15-9-11-3-5-12(6-4-11)19-8-7-16/h3-6,10,13,15-16H,7-9H2,1-2H3,(H,17,18)/t13-/m1/s1. The number of nitrogens with one attached hydrogen (secondary N) is 1. The van der Waals surface area contributed by atoms with Crippen LogP contribution in [0.5, 0.6) is 5.75 Å². The summed E-state index contributed by atoms with van der Waals surface area (Å²) in [7, 11) is 0. The summed E-state index contributed by atoms with van der Waals surface area (Å²) >= 11 is 0. The summed E-state index contributed by atoms with van der Waals surface area (Å²) in [5.74, 6) is -0.112. The molecule has 1 atom stereocenters. The van der Waals surface area contributed by atoms with E-state index in [4.69, 9.17) is 14.9 Å². The van der Waals surface area contributed by atoms with Gasteiger partial charge in [0, 0.05) is 6.54 Å². The zero-order valence-corrected chi connectivity index (χ0v) is 11.3. The molecule has 1 rings (SSSR count). The molecule has 1 aromatic rings. The highest BCUT2D eigenvalue weighted by Gasteiger charge is 2.20. The molecule has 0 aromatic heterocycles. The topological polar surface area (TPSA) is 78.8 Å². The summed E-state index contributed by atoms with van der Waals surface area (Å²) in [5, 5.41) is 20.7. The Morgan fingerprint density at radius 3 is 2.42 bits per heavy atom. The molecule has 0 saturated heterocycles. The van der Waals surface area contributed by atoms with Crippen molar-refractivity contribution in [2.45, 2.75) is 26.4 Å². The van der Waals surface area contributed by atoms with Crippen molar-refractivity contribution >= 4 is 5.97 Å². The predicted octanol–water partition coefficient (Wildman–Crippen LogP) is 1.26. The molecule has 5 heteroatoms. The first-order valence-electron chi connectivity index (χ1n) is 6.33. The Bertz CT molecular complexity index is 389. The van der Waals surface area contributed by atoms with Crippen molar-refractivity contribution in [2.24, 2.45) is 5.92 Å². The number of ether oxygens (including phenoxy) is 1. The summed E-state index contributed by atoms with van der Waals surface area (Å²) < 4.78 is 5.25. The number of carbonyl (C=O) groups is 1. The third-order valence-electron chi connectivity index (χ3n) is 2.74. The van der Waals surface area contributed by atoms with Crippen LogP contribution < -0.4 is 10.1 Å². The molecule has 19 heavy (non-hydrogen) atoms. The van der Waals surface area contributed by atoms with Gasteiger partial charge in [-0.1, -0.05) is 26.0 Å². The van der Waals surface area contributed by atoms with Crippen molar-refractivity contribution in [3.63, 3.8) is 0 Å². The summed E-state index contributed by atoms with van der Waals surface area (Å²) in [6, 6.07) is 6.80. The van der Waals surface area contributed by atoms with Crippen molar-refractivity contribution in [2.75, 3.05) is 13.2 Å². The van der Waals surface area contributed by atoms with Gasteiger partial charge < -0.3 is 20.3 Å². The van der Waals surface area contributed by atoms with Crippen molar-refractivity contribution in [1.82, 2.24) is 5.32 Å². The number of aliphatic carboxylic acids is 1. The molecular weight excluding hydrogens is 246 g/mol. The molecule has 0 aliphatic carbocycles. The third kappa shape index (κ3) is 5.28. The minimum absolute atomic E-state index is 0.0159. The molecule has 0 aliphatic rings. The normalized spacial score (nSPS) is 12.4. The number of hydrogen-bond donors (Lipinski definition) is 3. The lowest BCUT2D eigenvalue weighted by atomic mass is 10.0. The number of benzene rings is 1. The van der Waals surface area contributed by atoms with Crippen LogP contribution in [0.1, 0.15) is 19.4 Å². The Hall–Kier alpha value is -1.59. The fraction of sp³-hybridized carbons (Fsp3) is 0.500. The number of carboxylic acid groups (broad SMARTS) is 1. The highest BCUT2D eigenvalue weighted by atomic mass is 16.5. The van der Waals surface area contributed by atoms with Gasteiger partial charge in [-0.2, -0.15) is 0 Å². The van der Waals surface area contributed by atoms with E-state index in [0.717, 1.165) is 5.56 Å². The number of hydrogen-bond acceptors (Lipinski definition) is 4. The Balaban J connectivity index is 2.51. The smallest absolute Gasteiger partial charge is 0.320 e. The Morgan fingerprint density at radius 1 is 1.32 bits per heavy atom. The third-order valence-corrected chi connectivity index (χ3v) is 2.74. The zero-order valence-electron chi connectivity index (χ0n) is 11.3. The minimum Gasteiger partial charge on any atom is -0.491 e. The van der Waals surface area contributed by atoms with Gasteiger partial charge in [-0.15, -0.1) is 0 Å². The summed E-state index contributed by atoms with van der Waals surface area (Å²) in [6.07, 6.45) is 0. The minimum atomic E-state index is -0.835. The summed E-state index contributed by atoms with van der Waals surface area (Å²) in [5.41, 5.74) is 0.989. The molecule has 0 spiro atoms. The molecule has 0 saturated carbocycles. The SMILES string of the molecule is CC(C)[C@@H](NCc1ccc(OCCO)cc1)C(=O)O. The van der Waals surface area contributed by atoms with Crippen LogP contribution in [-0.4, -0.2) is 35.4 Å². The van der Waals surface area contributed by atoms with Crippen LogP contribution in [0.15, 0.2) is 24.3 Å². The molecule has 0 bridgehead atoms. The Kier molecular flexibility index (Phi) is 6.32. The monoisotopic (exact) mass is 267 g/mol. The average Bonchev–Trinajstić information content (AvgIpc) is 2.37. The number of aliphatic hydroxyl groups excluding tert-OH is 1. The predicted molar refractivity (Wildman–Crippen MR) is 72.1 cm³/mol. The molecule has 0 fully saturated rings. The molecule has 0 amide bonds. The van der Waals surface area contributed by atoms with Gasteiger partial charge in [0.1, 0.15) is 18.4 Å². The van der Waals surface area contributed by atoms with Gasteiger partial charge in [-0.05, 0) is 23.6 Å². The van der Waals surface area contributed by atoms with E-state index >= 15 is 0 Å². The fourth-order valence-corrected chi connectivity index (χ4v) is 1.70. The van der Waals surface area contributed by atoms with E-state index in [9.17, 15) is 4.79 Å². The van der Waals surface area contributed by atoms with Crippen LogP contribution in [-0.2, 0) is 11.3 Å². The Labute approximate surface area is 113 Å². The molecule has 106 valence electrons. The van der Waals surface area contributed by atoms with Gasteiger partial charge >= 0.3 is 5.97 Å². The van der Waals surface area contributed by atoms with Crippen LogP contribution in [0.25, 0.3) is 0 Å². The van der Waals surface area contributed by atoms with E-state index in [1.807, 2.05) is 26.0 Å². The van der Waals surface area contributed by atoms with E-state index in [1.165, 1.54) is 0 Å². The van der Waals surface area contributed by atoms with Crippen LogP contribution in [0, 0.1) is 5.92 Å². The summed E-state index contributed by atoms with van der Waals surface area (Å²) in [6.45, 7) is 4.49. The second-order valence-electron chi connectivity index (χ2n) is 4.66. The van der Waals surface area contributed by atoms with Crippen LogP contribution >= 0.6 is 0 Å². The van der Waals surface area contributed by atoms with Gasteiger partial charge in [-0.25, -0.2) is 0 Å². The van der Waals surface area contributed by atoms with E-state index in [2.05, 4.69) is 5.32 Å². The lowest BCUT2D eigenvalue weighted by molar-refractivity contribution is -0.140. The molecule has 0 radical (unpaired) electrons. The van der Waals surface area contributed by atoms with Crippen molar-refractivity contribution in [1.29, 1.82) is 0 Å². The molecule has 0 heterocycles. The van der Waals surface area contributed by atoms with E-state index in [1.54, 1.807) is 12.1 Å². The van der Waals surface area contributed by atoms with Gasteiger partial charge in [0.2, 0.25) is 0 Å². The number of aliphatic hydroxyl groups is 1. The molecule has 1 aromatic carbocycles. The molecule has 3 N–H and O–H groups in total. The lowest BCUT2D eigenvalue weighted by Gasteiger charge is -2.18. The highest BCUT2D eigenvalue weighted by Crippen LogP contribution is 2.12. The number of rotatable bonds is 8. The first-order chi connectivity index (χ1) is 9.04. The first kappa shape index (κ1) is 15.5. The van der Waals surface area contributed by atoms with Crippen LogP contribution in [0.4, 0.5) is 0 Å². The van der Waals surface area contributed by atoms with Gasteiger partial charge in [0.25, 0.3) is 0 Å². The maximum absolute atomic E-state index is 11.0. The molecule has 0 unspecified atom stereocenters. The maximum atomic E-state index is 11.0. The Morgan fingerprint density at radius 2 is 1.95 bits per heavy atom. The van der Waals surface area contributed by atoms with Gasteiger partial charge in [-0.3, -0.25) is 4.79 Å². The van der Waals surface area contributed by atoms with Gasteiger partial charge in [0.15, 0.2) is 0 Å². The van der Waals surface area contributed by atoms with Crippen molar-refractivity contribution in [3.8, 4) is 5.75 Å². The van der Waals surface area contributed by atoms with Crippen molar-refractivity contribution in [3.05, 3.63) is 29.8 Å². The largest absolute Gasteiger partial charge is 0.491 e. The summed E-state index contributed by atoms with van der Waals surface area (Å²) in [4.78, 5) is 11.0.